The quantitative estimate of drug-likeness (QED) is 0.890. The highest BCUT2D eigenvalue weighted by molar-refractivity contribution is 5.48. The van der Waals surface area contributed by atoms with Crippen molar-refractivity contribution in [1.29, 1.82) is 0 Å². The molecule has 3 heteroatoms. The zero-order valence-electron chi connectivity index (χ0n) is 11.3. The maximum absolute atomic E-state index is 9.78. The number of hydrogen-bond acceptors (Lipinski definition) is 3. The molecule has 100 valence electrons. The van der Waals surface area contributed by atoms with Crippen LogP contribution in [-0.2, 0) is 4.74 Å². The third-order valence-electron chi connectivity index (χ3n) is 3.62. The fourth-order valence-electron chi connectivity index (χ4n) is 2.34. The van der Waals surface area contributed by atoms with Crippen LogP contribution in [0.15, 0.2) is 24.3 Å². The molecule has 0 radical (unpaired) electrons. The number of anilines is 1. The smallest absolute Gasteiger partial charge is 0.0787 e. The molecule has 2 atom stereocenters. The summed E-state index contributed by atoms with van der Waals surface area (Å²) < 4.78 is 5.68. The van der Waals surface area contributed by atoms with Gasteiger partial charge in [-0.2, -0.15) is 0 Å². The number of hydrogen-bond donors (Lipinski definition) is 1. The van der Waals surface area contributed by atoms with Gasteiger partial charge < -0.3 is 14.7 Å². The monoisotopic (exact) mass is 249 g/mol. The molecule has 1 aliphatic heterocycles. The Bertz CT molecular complexity index is 363. The summed E-state index contributed by atoms with van der Waals surface area (Å²) in [6.45, 7) is 6.87. The number of morpholine rings is 1. The predicted molar refractivity (Wildman–Crippen MR) is 73.9 cm³/mol. The van der Waals surface area contributed by atoms with Crippen LogP contribution in [-0.4, -0.2) is 30.9 Å². The second-order valence-electron chi connectivity index (χ2n) is 4.86. The van der Waals surface area contributed by atoms with Crippen LogP contribution < -0.4 is 4.90 Å². The second kappa shape index (κ2) is 6.21. The predicted octanol–water partition coefficient (Wildman–Crippen LogP) is 2.75. The van der Waals surface area contributed by atoms with Crippen LogP contribution >= 0.6 is 0 Å². The Balaban J connectivity index is 2.04. The minimum Gasteiger partial charge on any atom is -0.388 e. The third-order valence-corrected chi connectivity index (χ3v) is 3.62. The molecule has 0 amide bonds. The lowest BCUT2D eigenvalue weighted by molar-refractivity contribution is 0.0384. The van der Waals surface area contributed by atoms with Gasteiger partial charge in [-0.05, 0) is 30.5 Å². The second-order valence-corrected chi connectivity index (χ2v) is 4.86. The van der Waals surface area contributed by atoms with E-state index < -0.39 is 0 Å². The minimum atomic E-state index is -0.341. The molecule has 2 rings (SSSR count). The highest BCUT2D eigenvalue weighted by Crippen LogP contribution is 2.23. The van der Waals surface area contributed by atoms with Gasteiger partial charge in [-0.15, -0.1) is 0 Å². The summed E-state index contributed by atoms with van der Waals surface area (Å²) in [6, 6.07) is 8.26. The topological polar surface area (TPSA) is 32.7 Å². The number of ether oxygens (including phenoxy) is 1. The van der Waals surface area contributed by atoms with Gasteiger partial charge >= 0.3 is 0 Å². The van der Waals surface area contributed by atoms with Crippen molar-refractivity contribution >= 4 is 5.69 Å². The lowest BCUT2D eigenvalue weighted by Crippen LogP contribution is -2.42. The van der Waals surface area contributed by atoms with Crippen LogP contribution in [0.4, 0.5) is 5.69 Å². The van der Waals surface area contributed by atoms with Gasteiger partial charge in [0.25, 0.3) is 0 Å². The van der Waals surface area contributed by atoms with Crippen molar-refractivity contribution in [3.63, 3.8) is 0 Å². The van der Waals surface area contributed by atoms with E-state index in [-0.39, 0.29) is 6.10 Å². The molecule has 1 heterocycles. The Morgan fingerprint density at radius 2 is 2.06 bits per heavy atom. The first kappa shape index (κ1) is 13.4. The lowest BCUT2D eigenvalue weighted by Gasteiger charge is -2.34. The first-order valence-electron chi connectivity index (χ1n) is 6.89. The fraction of sp³-hybridized carbons (Fsp3) is 0.600. The highest BCUT2D eigenvalue weighted by atomic mass is 16.5. The summed E-state index contributed by atoms with van der Waals surface area (Å²) >= 11 is 0. The Morgan fingerprint density at radius 3 is 2.67 bits per heavy atom. The molecule has 0 aliphatic carbocycles. The zero-order valence-corrected chi connectivity index (χ0v) is 11.3. The molecule has 1 N–H and O–H groups in total. The maximum Gasteiger partial charge on any atom is 0.0787 e. The fourth-order valence-corrected chi connectivity index (χ4v) is 2.34. The van der Waals surface area contributed by atoms with Gasteiger partial charge in [0.1, 0.15) is 0 Å². The van der Waals surface area contributed by atoms with E-state index in [9.17, 15) is 5.11 Å². The van der Waals surface area contributed by atoms with E-state index in [2.05, 4.69) is 24.0 Å². The molecule has 1 aromatic rings. The Hall–Kier alpha value is -1.06. The molecular weight excluding hydrogens is 226 g/mol. The van der Waals surface area contributed by atoms with Crippen LogP contribution in [0.3, 0.4) is 0 Å². The molecule has 0 spiro atoms. The summed E-state index contributed by atoms with van der Waals surface area (Å²) in [5.74, 6) is 0. The van der Waals surface area contributed by atoms with Gasteiger partial charge in [-0.3, -0.25) is 0 Å². The highest BCUT2D eigenvalue weighted by Gasteiger charge is 2.19. The van der Waals surface area contributed by atoms with E-state index >= 15 is 0 Å². The van der Waals surface area contributed by atoms with Crippen LogP contribution in [0.2, 0.25) is 0 Å². The van der Waals surface area contributed by atoms with E-state index in [1.165, 1.54) is 5.69 Å². The summed E-state index contributed by atoms with van der Waals surface area (Å²) in [5.41, 5.74) is 2.23. The van der Waals surface area contributed by atoms with Gasteiger partial charge in [0.05, 0.1) is 18.8 Å². The summed E-state index contributed by atoms with van der Waals surface area (Å²) in [6.07, 6.45) is 1.82. The number of nitrogens with zero attached hydrogens (tertiary/aromatic N) is 1. The molecule has 1 unspecified atom stereocenters. The SMILES string of the molecule is CCC1CN(c2ccc([C@@H](O)CC)cc2)CCO1. The van der Waals surface area contributed by atoms with Crippen molar-refractivity contribution in [1.82, 2.24) is 0 Å². The number of benzene rings is 1. The molecule has 0 bridgehead atoms. The lowest BCUT2D eigenvalue weighted by atomic mass is 10.1. The van der Waals surface area contributed by atoms with Crippen molar-refractivity contribution in [2.24, 2.45) is 0 Å². The molecule has 1 fully saturated rings. The molecule has 0 aromatic heterocycles. The van der Waals surface area contributed by atoms with Gasteiger partial charge in [0.15, 0.2) is 0 Å². The summed E-state index contributed by atoms with van der Waals surface area (Å²) in [4.78, 5) is 2.36. The normalized spacial score (nSPS) is 21.9. The first-order valence-corrected chi connectivity index (χ1v) is 6.89. The average Bonchev–Trinajstić information content (AvgIpc) is 2.46. The summed E-state index contributed by atoms with van der Waals surface area (Å²) in [7, 11) is 0. The van der Waals surface area contributed by atoms with Crippen LogP contribution in [0, 0.1) is 0 Å². The van der Waals surface area contributed by atoms with Gasteiger partial charge in [0.2, 0.25) is 0 Å². The molecule has 1 aliphatic rings. The van der Waals surface area contributed by atoms with E-state index in [0.717, 1.165) is 38.1 Å². The molecule has 0 saturated carbocycles. The van der Waals surface area contributed by atoms with Gasteiger partial charge in [-0.1, -0.05) is 26.0 Å². The van der Waals surface area contributed by atoms with E-state index in [1.807, 2.05) is 19.1 Å². The standard InChI is InChI=1S/C15H23NO2/c1-3-14-11-16(9-10-18-14)13-7-5-12(6-8-13)15(17)4-2/h5-8,14-15,17H,3-4,9-11H2,1-2H3/t14?,15-/m0/s1. The van der Waals surface area contributed by atoms with E-state index in [1.54, 1.807) is 0 Å². The Labute approximate surface area is 109 Å². The number of aliphatic hydroxyl groups is 1. The molecule has 1 aromatic carbocycles. The van der Waals surface area contributed by atoms with Crippen molar-refractivity contribution in [3.8, 4) is 0 Å². The van der Waals surface area contributed by atoms with Gasteiger partial charge in [0, 0.05) is 18.8 Å². The van der Waals surface area contributed by atoms with E-state index in [0.29, 0.717) is 6.10 Å². The molecular formula is C15H23NO2. The number of aliphatic hydroxyl groups excluding tert-OH is 1. The number of rotatable bonds is 4. The maximum atomic E-state index is 9.78. The van der Waals surface area contributed by atoms with Crippen molar-refractivity contribution in [2.45, 2.75) is 38.9 Å². The third kappa shape index (κ3) is 3.03. The van der Waals surface area contributed by atoms with Gasteiger partial charge in [-0.25, -0.2) is 0 Å². The van der Waals surface area contributed by atoms with Crippen molar-refractivity contribution in [2.75, 3.05) is 24.6 Å². The van der Waals surface area contributed by atoms with Crippen LogP contribution in [0.25, 0.3) is 0 Å². The summed E-state index contributed by atoms with van der Waals surface area (Å²) in [5, 5.41) is 9.78. The largest absolute Gasteiger partial charge is 0.388 e. The molecule has 3 nitrogen and oxygen atoms in total. The van der Waals surface area contributed by atoms with Crippen molar-refractivity contribution in [3.05, 3.63) is 29.8 Å². The van der Waals surface area contributed by atoms with E-state index in [4.69, 9.17) is 4.74 Å². The van der Waals surface area contributed by atoms with Crippen LogP contribution in [0.5, 0.6) is 0 Å². The van der Waals surface area contributed by atoms with Crippen molar-refractivity contribution < 1.29 is 9.84 Å². The molecule has 18 heavy (non-hydrogen) atoms. The zero-order chi connectivity index (χ0) is 13.0. The Morgan fingerprint density at radius 1 is 1.33 bits per heavy atom. The van der Waals surface area contributed by atoms with Crippen LogP contribution in [0.1, 0.15) is 38.4 Å². The average molecular weight is 249 g/mol. The minimum absolute atomic E-state index is 0.341. The molecule has 1 saturated heterocycles. The Kier molecular flexibility index (Phi) is 4.61. The first-order chi connectivity index (χ1) is 8.74.